The Morgan fingerprint density at radius 2 is 1.16 bits per heavy atom. The molecule has 0 radical (unpaired) electrons. The first kappa shape index (κ1) is 18.5. The van der Waals surface area contributed by atoms with Gasteiger partial charge in [0.25, 0.3) is 0 Å². The van der Waals surface area contributed by atoms with Crippen molar-refractivity contribution in [3.8, 4) is 0 Å². The zero-order valence-electron chi connectivity index (χ0n) is 14.0. The van der Waals surface area contributed by atoms with E-state index >= 15 is 0 Å². The van der Waals surface area contributed by atoms with Gasteiger partial charge < -0.3 is 10.2 Å². The summed E-state index contributed by atoms with van der Waals surface area (Å²) in [5, 5.41) is 18.5. The highest BCUT2D eigenvalue weighted by Crippen LogP contribution is 2.22. The summed E-state index contributed by atoms with van der Waals surface area (Å²) in [6.45, 7) is 0. The molecule has 4 heteroatoms. The molecule has 2 aromatic carbocycles. The van der Waals surface area contributed by atoms with E-state index in [-0.39, 0.29) is 5.57 Å². The Labute approximate surface area is 147 Å². The lowest BCUT2D eigenvalue weighted by Crippen LogP contribution is -2.11. The van der Waals surface area contributed by atoms with E-state index in [9.17, 15) is 14.7 Å². The molecule has 2 aromatic rings. The molecule has 0 unspecified atom stereocenters. The Kier molecular flexibility index (Phi) is 6.96. The molecule has 0 amide bonds. The molecule has 25 heavy (non-hydrogen) atoms. The van der Waals surface area contributed by atoms with E-state index in [0.717, 1.165) is 11.1 Å². The lowest BCUT2D eigenvalue weighted by atomic mass is 9.93. The number of benzene rings is 2. The molecule has 130 valence electrons. The SMILES string of the molecule is O=C(O)CC(C(=O)O)=C(CCc1ccccc1)CCc1ccccc1. The van der Waals surface area contributed by atoms with E-state index in [0.29, 0.717) is 31.3 Å². The molecule has 0 aliphatic rings. The minimum absolute atomic E-state index is 0.0133. The smallest absolute Gasteiger partial charge is 0.332 e. The van der Waals surface area contributed by atoms with Crippen LogP contribution >= 0.6 is 0 Å². The zero-order chi connectivity index (χ0) is 18.1. The normalized spacial score (nSPS) is 10.2. The second-order valence-corrected chi connectivity index (χ2v) is 5.93. The van der Waals surface area contributed by atoms with E-state index in [2.05, 4.69) is 0 Å². The summed E-state index contributed by atoms with van der Waals surface area (Å²) in [5.74, 6) is -2.26. The highest BCUT2D eigenvalue weighted by Gasteiger charge is 2.18. The number of carbonyl (C=O) groups is 2. The maximum atomic E-state index is 11.6. The van der Waals surface area contributed by atoms with E-state index < -0.39 is 18.4 Å². The first-order chi connectivity index (χ1) is 12.1. The topological polar surface area (TPSA) is 74.6 Å². The monoisotopic (exact) mass is 338 g/mol. The average Bonchev–Trinajstić information content (AvgIpc) is 2.61. The molecule has 0 aromatic heterocycles. The summed E-state index contributed by atoms with van der Waals surface area (Å²) >= 11 is 0. The number of aryl methyl sites for hydroxylation is 2. The van der Waals surface area contributed by atoms with Crippen molar-refractivity contribution < 1.29 is 19.8 Å². The van der Waals surface area contributed by atoms with Gasteiger partial charge in [-0.25, -0.2) is 4.79 Å². The van der Waals surface area contributed by atoms with Gasteiger partial charge in [0.1, 0.15) is 0 Å². The number of carboxylic acid groups (broad SMARTS) is 2. The highest BCUT2D eigenvalue weighted by atomic mass is 16.4. The highest BCUT2D eigenvalue weighted by molar-refractivity contribution is 5.92. The van der Waals surface area contributed by atoms with Gasteiger partial charge in [0.05, 0.1) is 6.42 Å². The van der Waals surface area contributed by atoms with Crippen LogP contribution in [0.1, 0.15) is 30.4 Å². The molecule has 0 fully saturated rings. The first-order valence-corrected chi connectivity index (χ1v) is 8.30. The van der Waals surface area contributed by atoms with Crippen LogP contribution in [0.4, 0.5) is 0 Å². The standard InChI is InChI=1S/C21H22O4/c22-20(23)15-19(21(24)25)18(13-11-16-7-3-1-4-8-16)14-12-17-9-5-2-6-10-17/h1-10H,11-15H2,(H,22,23)(H,24,25). The van der Waals surface area contributed by atoms with Gasteiger partial charge in [-0.2, -0.15) is 0 Å². The lowest BCUT2D eigenvalue weighted by molar-refractivity contribution is -0.139. The summed E-state index contributed by atoms with van der Waals surface area (Å²) in [6, 6.07) is 19.6. The molecule has 0 saturated heterocycles. The molecule has 2 N–H and O–H groups in total. The molecule has 0 heterocycles. The summed E-state index contributed by atoms with van der Waals surface area (Å²) < 4.78 is 0. The lowest BCUT2D eigenvalue weighted by Gasteiger charge is -2.12. The molecule has 0 saturated carbocycles. The fourth-order valence-corrected chi connectivity index (χ4v) is 2.81. The number of allylic oxidation sites excluding steroid dienone is 1. The second kappa shape index (κ2) is 9.42. The third-order valence-electron chi connectivity index (χ3n) is 4.13. The van der Waals surface area contributed by atoms with Crippen LogP contribution in [0.2, 0.25) is 0 Å². The molecule has 0 bridgehead atoms. The maximum absolute atomic E-state index is 11.6. The predicted molar refractivity (Wildman–Crippen MR) is 96.4 cm³/mol. The van der Waals surface area contributed by atoms with Gasteiger partial charge in [-0.1, -0.05) is 66.2 Å². The summed E-state index contributed by atoms with van der Waals surface area (Å²) in [6.07, 6.45) is 2.04. The van der Waals surface area contributed by atoms with Crippen molar-refractivity contribution in [3.63, 3.8) is 0 Å². The molecule has 0 atom stereocenters. The van der Waals surface area contributed by atoms with Crippen molar-refractivity contribution in [1.82, 2.24) is 0 Å². The van der Waals surface area contributed by atoms with E-state index in [1.807, 2.05) is 60.7 Å². The number of hydrogen-bond donors (Lipinski definition) is 2. The molecular weight excluding hydrogens is 316 g/mol. The molecule has 0 aliphatic carbocycles. The van der Waals surface area contributed by atoms with Crippen molar-refractivity contribution in [2.24, 2.45) is 0 Å². The van der Waals surface area contributed by atoms with Crippen LogP contribution in [0.15, 0.2) is 71.8 Å². The van der Waals surface area contributed by atoms with Crippen LogP contribution in [0.25, 0.3) is 0 Å². The molecule has 0 spiro atoms. The van der Waals surface area contributed by atoms with E-state index in [4.69, 9.17) is 5.11 Å². The van der Waals surface area contributed by atoms with Gasteiger partial charge >= 0.3 is 11.9 Å². The van der Waals surface area contributed by atoms with Crippen LogP contribution < -0.4 is 0 Å². The number of hydrogen-bond acceptors (Lipinski definition) is 2. The zero-order valence-corrected chi connectivity index (χ0v) is 14.0. The molecule has 0 aliphatic heterocycles. The summed E-state index contributed by atoms with van der Waals surface area (Å²) in [7, 11) is 0. The summed E-state index contributed by atoms with van der Waals surface area (Å²) in [5.41, 5.74) is 2.95. The molecule has 4 nitrogen and oxygen atoms in total. The van der Waals surface area contributed by atoms with E-state index in [1.165, 1.54) is 0 Å². The predicted octanol–water partition coefficient (Wildman–Crippen LogP) is 4.11. The van der Waals surface area contributed by atoms with Gasteiger partial charge in [-0.05, 0) is 36.8 Å². The number of rotatable bonds is 9. The van der Waals surface area contributed by atoms with Gasteiger partial charge in [-0.15, -0.1) is 0 Å². The second-order valence-electron chi connectivity index (χ2n) is 5.93. The van der Waals surface area contributed by atoms with Crippen LogP contribution in [0.3, 0.4) is 0 Å². The van der Waals surface area contributed by atoms with Crippen LogP contribution in [0, 0.1) is 0 Å². The minimum atomic E-state index is -1.14. The number of carboxylic acids is 2. The van der Waals surface area contributed by atoms with E-state index in [1.54, 1.807) is 0 Å². The van der Waals surface area contributed by atoms with Gasteiger partial charge in [-0.3, -0.25) is 4.79 Å². The van der Waals surface area contributed by atoms with Crippen LogP contribution in [-0.4, -0.2) is 22.2 Å². The third kappa shape index (κ3) is 6.26. The fourth-order valence-electron chi connectivity index (χ4n) is 2.81. The van der Waals surface area contributed by atoms with Crippen molar-refractivity contribution >= 4 is 11.9 Å². The van der Waals surface area contributed by atoms with Gasteiger partial charge in [0.2, 0.25) is 0 Å². The average molecular weight is 338 g/mol. The van der Waals surface area contributed by atoms with Crippen molar-refractivity contribution in [1.29, 1.82) is 0 Å². The largest absolute Gasteiger partial charge is 0.481 e. The fraction of sp³-hybridized carbons (Fsp3) is 0.238. The van der Waals surface area contributed by atoms with Crippen molar-refractivity contribution in [2.75, 3.05) is 0 Å². The Hall–Kier alpha value is -2.88. The van der Waals surface area contributed by atoms with Crippen LogP contribution in [0.5, 0.6) is 0 Å². The molecule has 2 rings (SSSR count). The molecular formula is C21H22O4. The van der Waals surface area contributed by atoms with Crippen molar-refractivity contribution in [2.45, 2.75) is 32.1 Å². The summed E-state index contributed by atoms with van der Waals surface area (Å²) in [4.78, 5) is 22.6. The number of aliphatic carboxylic acids is 2. The first-order valence-electron chi connectivity index (χ1n) is 8.30. The van der Waals surface area contributed by atoms with Gasteiger partial charge in [0, 0.05) is 5.57 Å². The quantitative estimate of drug-likeness (QED) is 0.675. The van der Waals surface area contributed by atoms with Gasteiger partial charge in [0.15, 0.2) is 0 Å². The van der Waals surface area contributed by atoms with Crippen molar-refractivity contribution in [3.05, 3.63) is 82.9 Å². The Morgan fingerprint density at radius 1 is 0.720 bits per heavy atom. The Morgan fingerprint density at radius 3 is 1.52 bits per heavy atom. The minimum Gasteiger partial charge on any atom is -0.481 e. The Bertz CT molecular complexity index is 688. The maximum Gasteiger partial charge on any atom is 0.332 e. The van der Waals surface area contributed by atoms with Crippen LogP contribution in [-0.2, 0) is 22.4 Å². The third-order valence-corrected chi connectivity index (χ3v) is 4.13. The Balaban J connectivity index is 2.19.